The van der Waals surface area contributed by atoms with Gasteiger partial charge in [0.1, 0.15) is 0 Å². The van der Waals surface area contributed by atoms with Crippen LogP contribution in [0.5, 0.6) is 0 Å². The fourth-order valence-corrected chi connectivity index (χ4v) is 3.36. The van der Waals surface area contributed by atoms with E-state index in [9.17, 15) is 0 Å². The highest BCUT2D eigenvalue weighted by Crippen LogP contribution is 2.24. The molecular formula is C12H26N4. The van der Waals surface area contributed by atoms with Gasteiger partial charge in [-0.1, -0.05) is 26.7 Å². The van der Waals surface area contributed by atoms with Crippen LogP contribution in [0.25, 0.3) is 0 Å². The van der Waals surface area contributed by atoms with Gasteiger partial charge in [-0.3, -0.25) is 21.1 Å². The molecule has 3 fully saturated rings. The number of nitrogens with two attached hydrogens (primary N) is 1. The van der Waals surface area contributed by atoms with Gasteiger partial charge in [0.25, 0.3) is 0 Å². The highest BCUT2D eigenvalue weighted by molar-refractivity contribution is 4.96. The van der Waals surface area contributed by atoms with E-state index in [-0.39, 0.29) is 0 Å². The average Bonchev–Trinajstić information content (AvgIpc) is 2.37. The maximum absolute atomic E-state index is 5.79. The van der Waals surface area contributed by atoms with Crippen LogP contribution in [-0.4, -0.2) is 54.6 Å². The van der Waals surface area contributed by atoms with E-state index in [1.54, 1.807) is 0 Å². The minimum atomic E-state index is 0.457. The van der Waals surface area contributed by atoms with Crippen LogP contribution in [0, 0.1) is 5.92 Å². The number of nitrogens with one attached hydrogen (secondary N) is 1. The number of hydrazine groups is 1. The van der Waals surface area contributed by atoms with E-state index in [4.69, 9.17) is 5.84 Å². The van der Waals surface area contributed by atoms with Gasteiger partial charge in [-0.2, -0.15) is 0 Å². The molecule has 2 bridgehead atoms. The minimum absolute atomic E-state index is 0.457. The molecule has 3 heterocycles. The van der Waals surface area contributed by atoms with Crippen LogP contribution < -0.4 is 11.3 Å². The summed E-state index contributed by atoms with van der Waals surface area (Å²) in [7, 11) is 0. The number of nitrogens with zero attached hydrogens (tertiary/aromatic N) is 2. The molecule has 2 unspecified atom stereocenters. The molecule has 0 aromatic heterocycles. The van der Waals surface area contributed by atoms with Gasteiger partial charge in [0, 0.05) is 44.8 Å². The lowest BCUT2D eigenvalue weighted by atomic mass is 9.86. The van der Waals surface area contributed by atoms with E-state index in [1.165, 1.54) is 45.6 Å². The molecular weight excluding hydrogens is 200 g/mol. The van der Waals surface area contributed by atoms with E-state index in [1.807, 2.05) is 0 Å². The summed E-state index contributed by atoms with van der Waals surface area (Å²) < 4.78 is 0. The van der Waals surface area contributed by atoms with E-state index < -0.39 is 0 Å². The molecule has 3 saturated heterocycles. The Morgan fingerprint density at radius 3 is 2.19 bits per heavy atom. The van der Waals surface area contributed by atoms with Crippen LogP contribution in [-0.2, 0) is 0 Å². The maximum Gasteiger partial charge on any atom is 0.0406 e. The van der Waals surface area contributed by atoms with Crippen molar-refractivity contribution in [1.29, 1.82) is 0 Å². The molecule has 4 heteroatoms. The third-order valence-electron chi connectivity index (χ3n) is 4.48. The Labute approximate surface area is 99.1 Å². The van der Waals surface area contributed by atoms with Crippen molar-refractivity contribution in [3.05, 3.63) is 0 Å². The quantitative estimate of drug-likeness (QED) is 0.521. The molecule has 3 aliphatic heterocycles. The highest BCUT2D eigenvalue weighted by atomic mass is 15.4. The van der Waals surface area contributed by atoms with Crippen molar-refractivity contribution >= 4 is 0 Å². The van der Waals surface area contributed by atoms with E-state index in [0.29, 0.717) is 18.0 Å². The summed E-state index contributed by atoms with van der Waals surface area (Å²) in [5.41, 5.74) is 3.09. The van der Waals surface area contributed by atoms with E-state index >= 15 is 0 Å². The molecule has 0 aromatic rings. The second-order valence-electron chi connectivity index (χ2n) is 5.17. The molecule has 0 aliphatic carbocycles. The summed E-state index contributed by atoms with van der Waals surface area (Å²) in [6, 6.07) is 1.08. The predicted octanol–water partition coefficient (Wildman–Crippen LogP) is 0.254. The van der Waals surface area contributed by atoms with Crippen LogP contribution in [0.4, 0.5) is 0 Å². The molecule has 0 amide bonds. The number of fused-ring (bicyclic) bond motifs is 3. The summed E-state index contributed by atoms with van der Waals surface area (Å²) in [5.74, 6) is 6.50. The summed E-state index contributed by atoms with van der Waals surface area (Å²) >= 11 is 0. The lowest BCUT2D eigenvalue weighted by Crippen LogP contribution is -2.68. The van der Waals surface area contributed by atoms with Gasteiger partial charge in [0.2, 0.25) is 0 Å². The molecule has 3 N–H and O–H groups in total. The van der Waals surface area contributed by atoms with Crippen molar-refractivity contribution in [3.63, 3.8) is 0 Å². The first-order chi connectivity index (χ1) is 7.80. The highest BCUT2D eigenvalue weighted by Gasteiger charge is 2.38. The number of rotatable bonds is 5. The Hall–Kier alpha value is -0.160. The summed E-state index contributed by atoms with van der Waals surface area (Å²) in [4.78, 5) is 5.21. The standard InChI is InChI=1S/C12H26N4/c1-3-10(4-2)12(14-13)11-9-15-5-7-16(11)8-6-15/h10-12,14H,3-9,13H2,1-2H3. The molecule has 0 radical (unpaired) electrons. The fraction of sp³-hybridized carbons (Fsp3) is 1.00. The van der Waals surface area contributed by atoms with Gasteiger partial charge < -0.3 is 0 Å². The zero-order chi connectivity index (χ0) is 11.5. The number of piperazine rings is 3. The van der Waals surface area contributed by atoms with Crippen molar-refractivity contribution in [1.82, 2.24) is 15.2 Å². The first-order valence-electron chi connectivity index (χ1n) is 6.72. The van der Waals surface area contributed by atoms with Crippen molar-refractivity contribution in [2.24, 2.45) is 11.8 Å². The van der Waals surface area contributed by atoms with Gasteiger partial charge in [0.15, 0.2) is 0 Å². The Bertz CT molecular complexity index is 207. The van der Waals surface area contributed by atoms with Gasteiger partial charge in [-0.25, -0.2) is 0 Å². The smallest absolute Gasteiger partial charge is 0.0406 e. The van der Waals surface area contributed by atoms with Crippen LogP contribution in [0.15, 0.2) is 0 Å². The molecule has 3 rings (SSSR count). The summed E-state index contributed by atoms with van der Waals surface area (Å²) in [6.07, 6.45) is 2.44. The van der Waals surface area contributed by atoms with E-state index in [2.05, 4.69) is 29.1 Å². The number of hydrogen-bond donors (Lipinski definition) is 2. The average molecular weight is 226 g/mol. The van der Waals surface area contributed by atoms with Gasteiger partial charge in [-0.15, -0.1) is 0 Å². The lowest BCUT2D eigenvalue weighted by Gasteiger charge is -2.51. The second kappa shape index (κ2) is 5.45. The second-order valence-corrected chi connectivity index (χ2v) is 5.17. The van der Waals surface area contributed by atoms with Crippen LogP contribution >= 0.6 is 0 Å². The maximum atomic E-state index is 5.79. The Balaban J connectivity index is 2.03. The molecule has 16 heavy (non-hydrogen) atoms. The predicted molar refractivity (Wildman–Crippen MR) is 67.0 cm³/mol. The van der Waals surface area contributed by atoms with Gasteiger partial charge in [0.05, 0.1) is 0 Å². The zero-order valence-corrected chi connectivity index (χ0v) is 10.7. The first-order valence-corrected chi connectivity index (χ1v) is 6.72. The summed E-state index contributed by atoms with van der Waals surface area (Å²) in [6.45, 7) is 10.7. The van der Waals surface area contributed by atoms with Gasteiger partial charge >= 0.3 is 0 Å². The molecule has 0 aromatic carbocycles. The van der Waals surface area contributed by atoms with Crippen molar-refractivity contribution in [3.8, 4) is 0 Å². The van der Waals surface area contributed by atoms with Crippen LogP contribution in [0.1, 0.15) is 26.7 Å². The molecule has 0 spiro atoms. The molecule has 4 nitrogen and oxygen atoms in total. The normalized spacial score (nSPS) is 35.6. The zero-order valence-electron chi connectivity index (χ0n) is 10.7. The van der Waals surface area contributed by atoms with Crippen molar-refractivity contribution in [2.75, 3.05) is 32.7 Å². The molecule has 0 saturated carbocycles. The fourth-order valence-electron chi connectivity index (χ4n) is 3.36. The lowest BCUT2D eigenvalue weighted by molar-refractivity contribution is -0.0140. The largest absolute Gasteiger partial charge is 0.299 e. The third kappa shape index (κ3) is 2.25. The monoisotopic (exact) mass is 226 g/mol. The van der Waals surface area contributed by atoms with Crippen LogP contribution in [0.3, 0.4) is 0 Å². The Kier molecular flexibility index (Phi) is 4.19. The van der Waals surface area contributed by atoms with Gasteiger partial charge in [-0.05, 0) is 5.92 Å². The molecule has 2 atom stereocenters. The Morgan fingerprint density at radius 2 is 1.81 bits per heavy atom. The van der Waals surface area contributed by atoms with E-state index in [0.717, 1.165) is 0 Å². The molecule has 94 valence electrons. The molecule has 3 aliphatic rings. The topological polar surface area (TPSA) is 44.5 Å². The third-order valence-corrected chi connectivity index (χ3v) is 4.48. The first kappa shape index (κ1) is 12.3. The number of hydrogen-bond acceptors (Lipinski definition) is 4. The van der Waals surface area contributed by atoms with Crippen molar-refractivity contribution < 1.29 is 0 Å². The summed E-state index contributed by atoms with van der Waals surface area (Å²) in [5, 5.41) is 0. The minimum Gasteiger partial charge on any atom is -0.299 e. The van der Waals surface area contributed by atoms with Crippen molar-refractivity contribution in [2.45, 2.75) is 38.8 Å². The Morgan fingerprint density at radius 1 is 1.19 bits per heavy atom. The van der Waals surface area contributed by atoms with Crippen LogP contribution in [0.2, 0.25) is 0 Å². The SMILES string of the molecule is CCC(CC)C(NN)C1CN2CCN1CC2.